The Morgan fingerprint density at radius 1 is 1.82 bits per heavy atom. The highest BCUT2D eigenvalue weighted by Crippen LogP contribution is 2.30. The minimum absolute atomic E-state index is 0.00231. The molecule has 0 fully saturated rings. The summed E-state index contributed by atoms with van der Waals surface area (Å²) in [6.45, 7) is 3.57. The van der Waals surface area contributed by atoms with E-state index in [1.54, 1.807) is 12.2 Å². The second-order valence-corrected chi connectivity index (χ2v) is 2.86. The van der Waals surface area contributed by atoms with E-state index in [0.29, 0.717) is 12.7 Å². The molecule has 11 heavy (non-hydrogen) atoms. The Balaban J connectivity index is 2.69. The predicted octanol–water partition coefficient (Wildman–Crippen LogP) is 1.07. The molecule has 60 valence electrons. The van der Waals surface area contributed by atoms with Gasteiger partial charge in [-0.2, -0.15) is 0 Å². The fourth-order valence-electron chi connectivity index (χ4n) is 1.37. The molecule has 0 aromatic rings. The average molecular weight is 152 g/mol. The first kappa shape index (κ1) is 8.21. The Morgan fingerprint density at radius 2 is 2.55 bits per heavy atom. The van der Waals surface area contributed by atoms with Gasteiger partial charge in [0, 0.05) is 5.92 Å². The average Bonchev–Trinajstić information content (AvgIpc) is 2.35. The van der Waals surface area contributed by atoms with E-state index in [0.717, 1.165) is 6.42 Å². The maximum absolute atomic E-state index is 10.5. The molecule has 0 heterocycles. The van der Waals surface area contributed by atoms with Gasteiger partial charge in [0.1, 0.15) is 5.60 Å². The number of carbonyl (C=O) groups excluding carboxylic acids is 1. The van der Waals surface area contributed by atoms with Crippen molar-refractivity contribution in [2.45, 2.75) is 18.4 Å². The van der Waals surface area contributed by atoms with Crippen LogP contribution in [0, 0.1) is 5.92 Å². The second-order valence-electron chi connectivity index (χ2n) is 2.86. The topological polar surface area (TPSA) is 37.3 Å². The summed E-state index contributed by atoms with van der Waals surface area (Å²) in [5, 5.41) is 9.59. The maximum Gasteiger partial charge on any atom is 0.155 e. The summed E-state index contributed by atoms with van der Waals surface area (Å²) in [6.07, 6.45) is 7.18. The zero-order valence-corrected chi connectivity index (χ0v) is 6.36. The molecule has 1 aliphatic rings. The fourth-order valence-corrected chi connectivity index (χ4v) is 1.37. The van der Waals surface area contributed by atoms with Gasteiger partial charge < -0.3 is 5.11 Å². The van der Waals surface area contributed by atoms with Crippen LogP contribution in [0.5, 0.6) is 0 Å². The molecule has 0 spiro atoms. The van der Waals surface area contributed by atoms with Crippen molar-refractivity contribution in [3.63, 3.8) is 0 Å². The van der Waals surface area contributed by atoms with E-state index in [1.807, 2.05) is 6.08 Å². The Kier molecular flexibility index (Phi) is 2.25. The minimum atomic E-state index is -1.23. The van der Waals surface area contributed by atoms with E-state index in [2.05, 4.69) is 6.58 Å². The van der Waals surface area contributed by atoms with Crippen molar-refractivity contribution in [2.24, 2.45) is 5.92 Å². The first-order valence-electron chi connectivity index (χ1n) is 3.70. The lowest BCUT2D eigenvalue weighted by molar-refractivity contribution is -0.123. The van der Waals surface area contributed by atoms with Crippen molar-refractivity contribution in [1.29, 1.82) is 0 Å². The highest BCUT2D eigenvalue weighted by Gasteiger charge is 2.35. The van der Waals surface area contributed by atoms with Crippen molar-refractivity contribution in [3.8, 4) is 0 Å². The third kappa shape index (κ3) is 1.40. The van der Waals surface area contributed by atoms with Crippen molar-refractivity contribution < 1.29 is 9.90 Å². The highest BCUT2D eigenvalue weighted by atomic mass is 16.3. The van der Waals surface area contributed by atoms with Gasteiger partial charge in [0.25, 0.3) is 0 Å². The monoisotopic (exact) mass is 152 g/mol. The van der Waals surface area contributed by atoms with Crippen LogP contribution in [0.4, 0.5) is 0 Å². The van der Waals surface area contributed by atoms with Crippen LogP contribution in [0.15, 0.2) is 24.8 Å². The van der Waals surface area contributed by atoms with Crippen LogP contribution in [-0.2, 0) is 4.79 Å². The molecule has 2 nitrogen and oxygen atoms in total. The number of hydrogen-bond acceptors (Lipinski definition) is 2. The van der Waals surface area contributed by atoms with E-state index in [9.17, 15) is 9.90 Å². The summed E-state index contributed by atoms with van der Waals surface area (Å²) in [5.74, 6) is -0.00231. The molecule has 0 saturated heterocycles. The van der Waals surface area contributed by atoms with Gasteiger partial charge in [-0.1, -0.05) is 12.2 Å². The summed E-state index contributed by atoms with van der Waals surface area (Å²) in [4.78, 5) is 10.5. The van der Waals surface area contributed by atoms with Gasteiger partial charge in [0.05, 0.1) is 0 Å². The SMILES string of the molecule is C=CCC1CC=CC1(O)C=O. The van der Waals surface area contributed by atoms with Gasteiger partial charge >= 0.3 is 0 Å². The Hall–Kier alpha value is -0.890. The number of rotatable bonds is 3. The zero-order chi connectivity index (χ0) is 8.32. The molecule has 2 unspecified atom stereocenters. The summed E-state index contributed by atoms with van der Waals surface area (Å²) < 4.78 is 0. The lowest BCUT2D eigenvalue weighted by Gasteiger charge is -2.21. The summed E-state index contributed by atoms with van der Waals surface area (Å²) in [5.41, 5.74) is -1.23. The van der Waals surface area contributed by atoms with Crippen LogP contribution in [0.3, 0.4) is 0 Å². The lowest BCUT2D eigenvalue weighted by Crippen LogP contribution is -2.33. The molecular weight excluding hydrogens is 140 g/mol. The van der Waals surface area contributed by atoms with Crippen LogP contribution in [0.25, 0.3) is 0 Å². The number of carbonyl (C=O) groups is 1. The lowest BCUT2D eigenvalue weighted by atomic mass is 9.89. The third-order valence-electron chi connectivity index (χ3n) is 2.10. The molecule has 0 aromatic heterocycles. The zero-order valence-electron chi connectivity index (χ0n) is 6.36. The molecule has 0 aliphatic heterocycles. The maximum atomic E-state index is 10.5. The van der Waals surface area contributed by atoms with Gasteiger partial charge in [-0.3, -0.25) is 4.79 Å². The molecule has 0 amide bonds. The molecule has 0 radical (unpaired) electrons. The van der Waals surface area contributed by atoms with E-state index in [4.69, 9.17) is 0 Å². The number of aldehydes is 1. The van der Waals surface area contributed by atoms with Gasteiger partial charge in [0.15, 0.2) is 6.29 Å². The molecule has 0 aromatic carbocycles. The molecule has 0 bridgehead atoms. The van der Waals surface area contributed by atoms with Crippen molar-refractivity contribution in [1.82, 2.24) is 0 Å². The van der Waals surface area contributed by atoms with Crippen LogP contribution < -0.4 is 0 Å². The van der Waals surface area contributed by atoms with Crippen LogP contribution in [-0.4, -0.2) is 17.0 Å². The van der Waals surface area contributed by atoms with Crippen LogP contribution >= 0.6 is 0 Å². The van der Waals surface area contributed by atoms with Gasteiger partial charge in [0.2, 0.25) is 0 Å². The number of allylic oxidation sites excluding steroid dienone is 2. The second kappa shape index (κ2) is 3.01. The van der Waals surface area contributed by atoms with E-state index < -0.39 is 5.60 Å². The number of aliphatic hydroxyl groups is 1. The third-order valence-corrected chi connectivity index (χ3v) is 2.10. The summed E-state index contributed by atoms with van der Waals surface area (Å²) in [6, 6.07) is 0. The first-order chi connectivity index (χ1) is 5.23. The largest absolute Gasteiger partial charge is 0.378 e. The van der Waals surface area contributed by atoms with Gasteiger partial charge in [-0.05, 0) is 18.9 Å². The predicted molar refractivity (Wildman–Crippen MR) is 43.1 cm³/mol. The summed E-state index contributed by atoms with van der Waals surface area (Å²) in [7, 11) is 0. The molecule has 1 rings (SSSR count). The van der Waals surface area contributed by atoms with Crippen molar-refractivity contribution in [2.75, 3.05) is 0 Å². The van der Waals surface area contributed by atoms with Crippen molar-refractivity contribution >= 4 is 6.29 Å². The molecule has 2 atom stereocenters. The fraction of sp³-hybridized carbons (Fsp3) is 0.444. The molecular formula is C9H12O2. The Labute approximate surface area is 66.2 Å². The molecule has 2 heteroatoms. The van der Waals surface area contributed by atoms with E-state index in [-0.39, 0.29) is 5.92 Å². The minimum Gasteiger partial charge on any atom is -0.378 e. The smallest absolute Gasteiger partial charge is 0.155 e. The van der Waals surface area contributed by atoms with Crippen LogP contribution in [0.2, 0.25) is 0 Å². The highest BCUT2D eigenvalue weighted by molar-refractivity contribution is 5.67. The standard InChI is InChI=1S/C9H12O2/c1-2-4-8-5-3-6-9(8,11)7-10/h2-3,6-8,11H,1,4-5H2. The van der Waals surface area contributed by atoms with Gasteiger partial charge in [-0.15, -0.1) is 6.58 Å². The van der Waals surface area contributed by atoms with Gasteiger partial charge in [-0.25, -0.2) is 0 Å². The molecule has 1 aliphatic carbocycles. The number of hydrogen-bond donors (Lipinski definition) is 1. The van der Waals surface area contributed by atoms with E-state index in [1.165, 1.54) is 0 Å². The normalized spacial score (nSPS) is 35.5. The van der Waals surface area contributed by atoms with E-state index >= 15 is 0 Å². The van der Waals surface area contributed by atoms with Crippen LogP contribution in [0.1, 0.15) is 12.8 Å². The quantitative estimate of drug-likeness (QED) is 0.485. The Bertz CT molecular complexity index is 196. The summed E-state index contributed by atoms with van der Waals surface area (Å²) >= 11 is 0. The molecule has 1 N–H and O–H groups in total. The Morgan fingerprint density at radius 3 is 3.09 bits per heavy atom. The first-order valence-corrected chi connectivity index (χ1v) is 3.70. The van der Waals surface area contributed by atoms with Crippen molar-refractivity contribution in [3.05, 3.63) is 24.8 Å². The molecule has 0 saturated carbocycles.